The number of carbonyl (C=O) groups excluding carboxylic acids is 1. The molecule has 1 aromatic carbocycles. The number of benzene rings is 1. The van der Waals surface area contributed by atoms with Crippen molar-refractivity contribution in [1.82, 2.24) is 20.4 Å². The van der Waals surface area contributed by atoms with Gasteiger partial charge in [-0.2, -0.15) is 13.5 Å². The highest BCUT2D eigenvalue weighted by Crippen LogP contribution is 2.36. The number of aromatic nitrogens is 2. The highest BCUT2D eigenvalue weighted by molar-refractivity contribution is 8.00. The van der Waals surface area contributed by atoms with E-state index < -0.39 is 10.0 Å². The lowest BCUT2D eigenvalue weighted by molar-refractivity contribution is -0.126. The Balaban J connectivity index is 1.45. The van der Waals surface area contributed by atoms with Crippen LogP contribution in [0.5, 0.6) is 0 Å². The third kappa shape index (κ3) is 4.34. The molecule has 2 aromatic rings. The van der Waals surface area contributed by atoms with Gasteiger partial charge in [-0.25, -0.2) is 0 Å². The Bertz CT molecular complexity index is 1170. The zero-order valence-corrected chi connectivity index (χ0v) is 19.5. The summed E-state index contributed by atoms with van der Waals surface area (Å²) in [6.07, 6.45) is 3.62. The number of H-pyrrole nitrogens is 1. The molecule has 2 N–H and O–H groups in total. The van der Waals surface area contributed by atoms with Crippen molar-refractivity contribution in [3.05, 3.63) is 58.4 Å². The normalized spacial score (nSPS) is 18.7. The average Bonchev–Trinajstić information content (AvgIpc) is 3.31. The van der Waals surface area contributed by atoms with Gasteiger partial charge in [0.05, 0.1) is 6.20 Å². The molecule has 0 atom stereocenters. The molecule has 0 bridgehead atoms. The number of aryl methyl sites for hydroxylation is 2. The SMILES string of the molecule is CCC1=C(c2ccc(C)cc2)S(=O)(=O)N=C1N1CCC(C(=O)NCc2cn[nH]c2C)CC1. The van der Waals surface area contributed by atoms with Crippen LogP contribution in [-0.4, -0.2) is 48.3 Å². The van der Waals surface area contributed by atoms with Gasteiger partial charge in [0.15, 0.2) is 0 Å². The van der Waals surface area contributed by atoms with Crippen LogP contribution in [0.15, 0.2) is 40.4 Å². The van der Waals surface area contributed by atoms with Crippen LogP contribution >= 0.6 is 0 Å². The van der Waals surface area contributed by atoms with Gasteiger partial charge in [-0.3, -0.25) is 9.89 Å². The Morgan fingerprint density at radius 2 is 1.88 bits per heavy atom. The molecular weight excluding hydrogens is 426 g/mol. The van der Waals surface area contributed by atoms with Crippen molar-refractivity contribution < 1.29 is 13.2 Å². The lowest BCUT2D eigenvalue weighted by Crippen LogP contribution is -2.43. The Morgan fingerprint density at radius 3 is 2.47 bits per heavy atom. The molecule has 32 heavy (non-hydrogen) atoms. The molecule has 2 aliphatic heterocycles. The van der Waals surface area contributed by atoms with Crippen molar-refractivity contribution in [2.24, 2.45) is 10.3 Å². The molecule has 2 aliphatic rings. The molecule has 8 nitrogen and oxygen atoms in total. The van der Waals surface area contributed by atoms with Gasteiger partial charge in [0, 0.05) is 42.4 Å². The summed E-state index contributed by atoms with van der Waals surface area (Å²) in [7, 11) is -3.74. The molecule has 1 amide bonds. The summed E-state index contributed by atoms with van der Waals surface area (Å²) >= 11 is 0. The molecule has 0 saturated carbocycles. The van der Waals surface area contributed by atoms with Crippen LogP contribution < -0.4 is 5.32 Å². The molecule has 0 aliphatic carbocycles. The molecule has 170 valence electrons. The van der Waals surface area contributed by atoms with Crippen molar-refractivity contribution in [2.45, 2.75) is 46.6 Å². The smallest absolute Gasteiger partial charge is 0.285 e. The van der Waals surface area contributed by atoms with Gasteiger partial charge in [-0.15, -0.1) is 4.40 Å². The number of amides is 1. The molecule has 9 heteroatoms. The molecular formula is C23H29N5O3S. The van der Waals surface area contributed by atoms with Crippen LogP contribution in [0.4, 0.5) is 0 Å². The minimum Gasteiger partial charge on any atom is -0.356 e. The van der Waals surface area contributed by atoms with Crippen LogP contribution in [0, 0.1) is 19.8 Å². The topological polar surface area (TPSA) is 108 Å². The number of rotatable bonds is 5. The molecule has 0 radical (unpaired) electrons. The van der Waals surface area contributed by atoms with Crippen molar-refractivity contribution >= 4 is 26.7 Å². The van der Waals surface area contributed by atoms with Gasteiger partial charge in [0.2, 0.25) is 5.91 Å². The van der Waals surface area contributed by atoms with Gasteiger partial charge in [0.25, 0.3) is 10.0 Å². The summed E-state index contributed by atoms with van der Waals surface area (Å²) < 4.78 is 30.0. The van der Waals surface area contributed by atoms with E-state index in [0.29, 0.717) is 55.2 Å². The molecule has 3 heterocycles. The molecule has 1 aromatic heterocycles. The maximum atomic E-state index is 12.9. The first-order chi connectivity index (χ1) is 15.3. The van der Waals surface area contributed by atoms with Crippen LogP contribution in [0.25, 0.3) is 4.91 Å². The van der Waals surface area contributed by atoms with Gasteiger partial charge in [-0.1, -0.05) is 36.8 Å². The zero-order chi connectivity index (χ0) is 22.9. The monoisotopic (exact) mass is 455 g/mol. The van der Waals surface area contributed by atoms with E-state index in [-0.39, 0.29) is 11.8 Å². The average molecular weight is 456 g/mol. The van der Waals surface area contributed by atoms with Crippen molar-refractivity contribution in [2.75, 3.05) is 13.1 Å². The second-order valence-corrected chi connectivity index (χ2v) is 9.96. The quantitative estimate of drug-likeness (QED) is 0.721. The lowest BCUT2D eigenvalue weighted by atomic mass is 9.94. The van der Waals surface area contributed by atoms with E-state index in [2.05, 4.69) is 19.9 Å². The van der Waals surface area contributed by atoms with Crippen LogP contribution in [0.2, 0.25) is 0 Å². The maximum Gasteiger partial charge on any atom is 0.285 e. The Hall–Kier alpha value is -2.94. The highest BCUT2D eigenvalue weighted by Gasteiger charge is 2.36. The second kappa shape index (κ2) is 8.90. The summed E-state index contributed by atoms with van der Waals surface area (Å²) in [6.45, 7) is 7.50. The third-order valence-corrected chi connectivity index (χ3v) is 7.64. The Kier molecular flexibility index (Phi) is 6.19. The van der Waals surface area contributed by atoms with Crippen molar-refractivity contribution in [3.63, 3.8) is 0 Å². The minimum absolute atomic E-state index is 0.0258. The number of nitrogens with zero attached hydrogens (tertiary/aromatic N) is 3. The first-order valence-electron chi connectivity index (χ1n) is 11.0. The number of piperidine rings is 1. The van der Waals surface area contributed by atoms with Crippen molar-refractivity contribution in [1.29, 1.82) is 0 Å². The summed E-state index contributed by atoms with van der Waals surface area (Å²) in [6, 6.07) is 7.51. The largest absolute Gasteiger partial charge is 0.356 e. The van der Waals surface area contributed by atoms with E-state index in [1.54, 1.807) is 6.20 Å². The standard InChI is InChI=1S/C23H29N5O3S/c1-4-20-21(17-7-5-15(2)6-8-17)32(30,31)27-22(20)28-11-9-18(10-12-28)23(29)24-13-19-14-25-26-16(19)3/h5-8,14,18H,4,9-13H2,1-3H3,(H,24,29)(H,25,26). The van der Waals surface area contributed by atoms with E-state index in [1.165, 1.54) is 0 Å². The number of hydrogen-bond acceptors (Lipinski definition) is 5. The minimum atomic E-state index is -3.74. The second-order valence-electron chi connectivity index (χ2n) is 8.42. The van der Waals surface area contributed by atoms with E-state index in [1.807, 2.05) is 49.9 Å². The summed E-state index contributed by atoms with van der Waals surface area (Å²) in [4.78, 5) is 15.0. The molecule has 0 spiro atoms. The number of amidine groups is 1. The van der Waals surface area contributed by atoms with Gasteiger partial charge < -0.3 is 10.2 Å². The van der Waals surface area contributed by atoms with Crippen LogP contribution in [-0.2, 0) is 21.4 Å². The first-order valence-corrected chi connectivity index (χ1v) is 12.4. The molecule has 1 fully saturated rings. The fourth-order valence-electron chi connectivity index (χ4n) is 4.30. The third-order valence-electron chi connectivity index (χ3n) is 6.23. The number of aromatic amines is 1. The Morgan fingerprint density at radius 1 is 1.19 bits per heavy atom. The fraction of sp³-hybridized carbons (Fsp3) is 0.435. The fourth-order valence-corrected chi connectivity index (χ4v) is 5.83. The maximum absolute atomic E-state index is 12.9. The highest BCUT2D eigenvalue weighted by atomic mass is 32.2. The number of sulfonamides is 1. The van der Waals surface area contributed by atoms with Gasteiger partial charge in [0.1, 0.15) is 10.7 Å². The van der Waals surface area contributed by atoms with E-state index in [4.69, 9.17) is 0 Å². The summed E-state index contributed by atoms with van der Waals surface area (Å²) in [5.74, 6) is 0.469. The van der Waals surface area contributed by atoms with E-state index in [0.717, 1.165) is 22.4 Å². The molecule has 4 rings (SSSR count). The predicted molar refractivity (Wildman–Crippen MR) is 124 cm³/mol. The first kappa shape index (κ1) is 22.3. The summed E-state index contributed by atoms with van der Waals surface area (Å²) in [5, 5.41) is 9.84. The molecule has 0 unspecified atom stereocenters. The number of nitrogens with one attached hydrogen (secondary N) is 2. The number of carbonyl (C=O) groups is 1. The van der Waals surface area contributed by atoms with Crippen LogP contribution in [0.3, 0.4) is 0 Å². The van der Waals surface area contributed by atoms with Crippen molar-refractivity contribution in [3.8, 4) is 0 Å². The number of likely N-dealkylation sites (tertiary alicyclic amines) is 1. The molecule has 1 saturated heterocycles. The van der Waals surface area contributed by atoms with E-state index >= 15 is 0 Å². The van der Waals surface area contributed by atoms with E-state index in [9.17, 15) is 13.2 Å². The predicted octanol–water partition coefficient (Wildman–Crippen LogP) is 2.92. The zero-order valence-electron chi connectivity index (χ0n) is 18.7. The van der Waals surface area contributed by atoms with Crippen LogP contribution in [0.1, 0.15) is 48.6 Å². The Labute approximate surface area is 188 Å². The van der Waals surface area contributed by atoms with Gasteiger partial charge in [-0.05, 0) is 38.7 Å². The van der Waals surface area contributed by atoms with Gasteiger partial charge >= 0.3 is 0 Å². The summed E-state index contributed by atoms with van der Waals surface area (Å²) in [5.41, 5.74) is 4.43. The lowest BCUT2D eigenvalue weighted by Gasteiger charge is -2.33. The number of hydrogen-bond donors (Lipinski definition) is 2.